The maximum Gasteiger partial charge on any atom is 0.0443 e. The molecular weight excluding hydrogens is 206 g/mol. The summed E-state index contributed by atoms with van der Waals surface area (Å²) in [5, 5.41) is 0.900. The maximum absolute atomic E-state index is 6.24. The second-order valence-electron chi connectivity index (χ2n) is 4.90. The second kappa shape index (κ2) is 3.80. The van der Waals surface area contributed by atoms with Gasteiger partial charge in [-0.15, -0.1) is 0 Å². The van der Waals surface area contributed by atoms with E-state index in [1.54, 1.807) is 0 Å². The molecule has 0 aliphatic heterocycles. The summed E-state index contributed by atoms with van der Waals surface area (Å²) < 4.78 is 0. The third-order valence-corrected chi connectivity index (χ3v) is 3.67. The predicted molar refractivity (Wildman–Crippen MR) is 65.4 cm³/mol. The monoisotopic (exact) mass is 223 g/mol. The van der Waals surface area contributed by atoms with Crippen molar-refractivity contribution in [1.82, 2.24) is 0 Å². The van der Waals surface area contributed by atoms with Crippen molar-refractivity contribution in [3.8, 4) is 0 Å². The van der Waals surface area contributed by atoms with Crippen molar-refractivity contribution >= 4 is 11.6 Å². The molecule has 1 aromatic rings. The summed E-state index contributed by atoms with van der Waals surface area (Å²) >= 11 is 6.24. The number of nitrogens with two attached hydrogens (primary N) is 1. The maximum atomic E-state index is 6.24. The summed E-state index contributed by atoms with van der Waals surface area (Å²) in [5.74, 6) is 0. The van der Waals surface area contributed by atoms with Gasteiger partial charge in [0.05, 0.1) is 0 Å². The minimum atomic E-state index is 0.126. The number of benzene rings is 1. The predicted octanol–water partition coefficient (Wildman–Crippen LogP) is 3.38. The molecule has 1 aliphatic carbocycles. The molecule has 0 heterocycles. The summed E-state index contributed by atoms with van der Waals surface area (Å²) in [6.07, 6.45) is 4.43. The molecule has 0 spiro atoms. The van der Waals surface area contributed by atoms with E-state index >= 15 is 0 Å². The number of halogens is 1. The Morgan fingerprint density at radius 2 is 2.00 bits per heavy atom. The highest BCUT2D eigenvalue weighted by atomic mass is 35.5. The van der Waals surface area contributed by atoms with Crippen LogP contribution >= 0.6 is 11.6 Å². The molecule has 0 aromatic heterocycles. The van der Waals surface area contributed by atoms with Gasteiger partial charge in [0.2, 0.25) is 0 Å². The van der Waals surface area contributed by atoms with Crippen molar-refractivity contribution < 1.29 is 0 Å². The molecule has 0 saturated heterocycles. The Balaban J connectivity index is 2.13. The summed E-state index contributed by atoms with van der Waals surface area (Å²) in [6, 6.07) is 4.23. The molecule has 1 saturated carbocycles. The van der Waals surface area contributed by atoms with Crippen LogP contribution in [-0.2, 0) is 6.42 Å². The average Bonchev–Trinajstić information content (AvgIpc) is 2.82. The molecule has 0 radical (unpaired) electrons. The van der Waals surface area contributed by atoms with E-state index in [1.165, 1.54) is 29.5 Å². The van der Waals surface area contributed by atoms with E-state index in [9.17, 15) is 0 Å². The largest absolute Gasteiger partial charge is 0.325 e. The number of hydrogen-bond acceptors (Lipinski definition) is 1. The first-order chi connectivity index (χ1) is 7.00. The third-order valence-electron chi connectivity index (χ3n) is 3.33. The van der Waals surface area contributed by atoms with Gasteiger partial charge in [-0.05, 0) is 62.3 Å². The van der Waals surface area contributed by atoms with Crippen LogP contribution in [-0.4, -0.2) is 5.54 Å². The topological polar surface area (TPSA) is 26.0 Å². The lowest BCUT2D eigenvalue weighted by molar-refractivity contribution is 0.608. The number of aryl methyl sites for hydroxylation is 2. The molecule has 2 N–H and O–H groups in total. The van der Waals surface area contributed by atoms with Crippen molar-refractivity contribution in [1.29, 1.82) is 0 Å². The first-order valence-electron chi connectivity index (χ1n) is 5.55. The zero-order chi connectivity index (χ0) is 11.1. The van der Waals surface area contributed by atoms with Gasteiger partial charge in [-0.3, -0.25) is 0 Å². The van der Waals surface area contributed by atoms with Crippen LogP contribution in [0.3, 0.4) is 0 Å². The van der Waals surface area contributed by atoms with Gasteiger partial charge >= 0.3 is 0 Å². The molecule has 0 atom stereocenters. The van der Waals surface area contributed by atoms with Gasteiger partial charge in [0.25, 0.3) is 0 Å². The average molecular weight is 224 g/mol. The lowest BCUT2D eigenvalue weighted by atomic mass is 9.98. The van der Waals surface area contributed by atoms with Crippen LogP contribution in [0.25, 0.3) is 0 Å². The number of hydrogen-bond donors (Lipinski definition) is 1. The first-order valence-corrected chi connectivity index (χ1v) is 5.92. The van der Waals surface area contributed by atoms with Crippen molar-refractivity contribution in [2.24, 2.45) is 5.73 Å². The van der Waals surface area contributed by atoms with Gasteiger partial charge in [0.15, 0.2) is 0 Å². The highest BCUT2D eigenvalue weighted by molar-refractivity contribution is 6.31. The summed E-state index contributed by atoms with van der Waals surface area (Å²) in [4.78, 5) is 0. The van der Waals surface area contributed by atoms with E-state index in [4.69, 9.17) is 17.3 Å². The summed E-state index contributed by atoms with van der Waals surface area (Å²) in [6.45, 7) is 4.21. The summed E-state index contributed by atoms with van der Waals surface area (Å²) in [5.41, 5.74) is 10.0. The van der Waals surface area contributed by atoms with E-state index in [1.807, 2.05) is 6.07 Å². The minimum Gasteiger partial charge on any atom is -0.325 e. The van der Waals surface area contributed by atoms with E-state index in [0.29, 0.717) is 0 Å². The van der Waals surface area contributed by atoms with Gasteiger partial charge < -0.3 is 5.73 Å². The van der Waals surface area contributed by atoms with Gasteiger partial charge in [-0.2, -0.15) is 0 Å². The summed E-state index contributed by atoms with van der Waals surface area (Å²) in [7, 11) is 0. The van der Waals surface area contributed by atoms with Crippen LogP contribution in [0.1, 0.15) is 36.0 Å². The van der Waals surface area contributed by atoms with E-state index in [-0.39, 0.29) is 5.54 Å². The highest BCUT2D eigenvalue weighted by Gasteiger charge is 2.37. The van der Waals surface area contributed by atoms with Crippen molar-refractivity contribution in [2.75, 3.05) is 0 Å². The SMILES string of the molecule is Cc1cc(C)c(CCC2(N)CC2)c(Cl)c1. The molecule has 0 bridgehead atoms. The lowest BCUT2D eigenvalue weighted by Crippen LogP contribution is -2.22. The molecule has 0 unspecified atom stereocenters. The normalized spacial score (nSPS) is 17.9. The standard InChI is InChI=1S/C13H18ClN/c1-9-7-10(2)11(12(14)8-9)3-4-13(15)5-6-13/h7-8H,3-6,15H2,1-2H3. The van der Waals surface area contributed by atoms with Crippen molar-refractivity contribution in [3.05, 3.63) is 33.8 Å². The molecule has 1 nitrogen and oxygen atoms in total. The van der Waals surface area contributed by atoms with E-state index in [2.05, 4.69) is 19.9 Å². The molecule has 1 aromatic carbocycles. The third kappa shape index (κ3) is 2.53. The van der Waals surface area contributed by atoms with Crippen molar-refractivity contribution in [3.63, 3.8) is 0 Å². The van der Waals surface area contributed by atoms with E-state index < -0.39 is 0 Å². The Kier molecular flexibility index (Phi) is 2.78. The molecule has 2 heteroatoms. The molecule has 82 valence electrons. The van der Waals surface area contributed by atoms with Gasteiger partial charge in [0, 0.05) is 10.6 Å². The van der Waals surface area contributed by atoms with Gasteiger partial charge in [-0.1, -0.05) is 17.7 Å². The van der Waals surface area contributed by atoms with Crippen molar-refractivity contribution in [2.45, 2.75) is 45.1 Å². The Hall–Kier alpha value is -0.530. The Bertz CT molecular complexity index is 357. The van der Waals surface area contributed by atoms with Crippen LogP contribution in [0, 0.1) is 13.8 Å². The van der Waals surface area contributed by atoms with Crippen LogP contribution in [0.5, 0.6) is 0 Å². The smallest absolute Gasteiger partial charge is 0.0443 e. The fourth-order valence-corrected chi connectivity index (χ4v) is 2.46. The Labute approximate surface area is 96.6 Å². The lowest BCUT2D eigenvalue weighted by Gasteiger charge is -2.12. The minimum absolute atomic E-state index is 0.126. The highest BCUT2D eigenvalue weighted by Crippen LogP contribution is 2.37. The molecule has 15 heavy (non-hydrogen) atoms. The molecule has 1 fully saturated rings. The fourth-order valence-electron chi connectivity index (χ4n) is 2.05. The van der Waals surface area contributed by atoms with Gasteiger partial charge in [-0.25, -0.2) is 0 Å². The zero-order valence-electron chi connectivity index (χ0n) is 9.44. The van der Waals surface area contributed by atoms with Crippen LogP contribution < -0.4 is 5.73 Å². The Morgan fingerprint density at radius 1 is 1.33 bits per heavy atom. The molecular formula is C13H18ClN. The quantitative estimate of drug-likeness (QED) is 0.836. The fraction of sp³-hybridized carbons (Fsp3) is 0.538. The molecule has 1 aliphatic rings. The van der Waals surface area contributed by atoms with Crippen LogP contribution in [0.2, 0.25) is 5.02 Å². The molecule has 0 amide bonds. The zero-order valence-corrected chi connectivity index (χ0v) is 10.2. The van der Waals surface area contributed by atoms with E-state index in [0.717, 1.165) is 17.9 Å². The van der Waals surface area contributed by atoms with Crippen LogP contribution in [0.15, 0.2) is 12.1 Å². The number of rotatable bonds is 3. The molecule has 2 rings (SSSR count). The first kappa shape index (κ1) is 11.0. The van der Waals surface area contributed by atoms with Crippen LogP contribution in [0.4, 0.5) is 0 Å². The Morgan fingerprint density at radius 3 is 2.53 bits per heavy atom. The van der Waals surface area contributed by atoms with Gasteiger partial charge in [0.1, 0.15) is 0 Å². The second-order valence-corrected chi connectivity index (χ2v) is 5.31.